The van der Waals surface area contributed by atoms with Crippen LogP contribution in [0.15, 0.2) is 54.7 Å². The minimum absolute atomic E-state index is 0.0944. The summed E-state index contributed by atoms with van der Waals surface area (Å²) < 4.78 is 0. The molecule has 1 saturated carbocycles. The van der Waals surface area contributed by atoms with Crippen molar-refractivity contribution in [2.75, 3.05) is 20.1 Å². The number of fused-ring (bicyclic) bond motifs is 1. The van der Waals surface area contributed by atoms with E-state index in [9.17, 15) is 19.2 Å². The highest BCUT2D eigenvalue weighted by molar-refractivity contribution is 5.98. The molecule has 2 heterocycles. The molecule has 1 aliphatic carbocycles. The molecule has 5 rings (SSSR count). The normalized spacial score (nSPS) is 18.5. The molecular formula is C33H41N5O4. The van der Waals surface area contributed by atoms with E-state index in [2.05, 4.69) is 28.6 Å². The van der Waals surface area contributed by atoms with Gasteiger partial charge in [-0.05, 0) is 47.9 Å². The summed E-state index contributed by atoms with van der Waals surface area (Å²) in [5, 5.41) is 6.78. The summed E-state index contributed by atoms with van der Waals surface area (Å²) in [5.41, 5.74) is 4.10. The Kier molecular flexibility index (Phi) is 9.25. The number of benzene rings is 2. The lowest BCUT2D eigenvalue weighted by atomic mass is 9.82. The molecule has 4 amide bonds. The molecule has 0 spiro atoms. The summed E-state index contributed by atoms with van der Waals surface area (Å²) in [7, 11) is 1.75. The van der Waals surface area contributed by atoms with E-state index in [1.54, 1.807) is 11.9 Å². The molecule has 2 atom stereocenters. The fourth-order valence-corrected chi connectivity index (χ4v) is 6.44. The first-order valence-electron chi connectivity index (χ1n) is 15.1. The number of nitrogens with one attached hydrogen (secondary N) is 3. The van der Waals surface area contributed by atoms with Crippen LogP contribution < -0.4 is 10.6 Å². The number of nitrogens with zero attached hydrogens (tertiary/aromatic N) is 2. The van der Waals surface area contributed by atoms with Gasteiger partial charge in [0.1, 0.15) is 25.2 Å². The molecule has 1 aliphatic heterocycles. The van der Waals surface area contributed by atoms with E-state index in [-0.39, 0.29) is 43.1 Å². The number of carbonyl (C=O) groups excluding carboxylic acids is 4. The molecule has 9 nitrogen and oxygen atoms in total. The van der Waals surface area contributed by atoms with Crippen LogP contribution in [0.1, 0.15) is 55.7 Å². The predicted molar refractivity (Wildman–Crippen MR) is 161 cm³/mol. The van der Waals surface area contributed by atoms with Crippen molar-refractivity contribution in [3.05, 3.63) is 71.4 Å². The number of likely N-dealkylation sites (N-methyl/N-ethyl adjacent to an activating group) is 1. The Balaban J connectivity index is 1.32. The molecule has 0 bridgehead atoms. The third-order valence-corrected chi connectivity index (χ3v) is 8.70. The Morgan fingerprint density at radius 1 is 1.00 bits per heavy atom. The number of amides is 4. The number of hydrogen-bond acceptors (Lipinski definition) is 4. The van der Waals surface area contributed by atoms with Crippen molar-refractivity contribution < 1.29 is 19.2 Å². The van der Waals surface area contributed by atoms with Crippen LogP contribution in [0.2, 0.25) is 0 Å². The average Bonchev–Trinajstić information content (AvgIpc) is 3.41. The molecule has 2 unspecified atom stereocenters. The summed E-state index contributed by atoms with van der Waals surface area (Å²) in [4.78, 5) is 59.4. The molecule has 3 aromatic rings. The van der Waals surface area contributed by atoms with Gasteiger partial charge >= 0.3 is 0 Å². The van der Waals surface area contributed by atoms with Gasteiger partial charge in [0.05, 0.1) is 0 Å². The van der Waals surface area contributed by atoms with Gasteiger partial charge in [-0.2, -0.15) is 0 Å². The predicted octanol–water partition coefficient (Wildman–Crippen LogP) is 3.32. The van der Waals surface area contributed by atoms with Crippen molar-refractivity contribution in [2.24, 2.45) is 5.92 Å². The maximum Gasteiger partial charge on any atom is 0.246 e. The van der Waals surface area contributed by atoms with Crippen LogP contribution >= 0.6 is 0 Å². The van der Waals surface area contributed by atoms with E-state index in [1.807, 2.05) is 48.7 Å². The summed E-state index contributed by atoms with van der Waals surface area (Å²) >= 11 is 0. The van der Waals surface area contributed by atoms with Gasteiger partial charge in [-0.3, -0.25) is 19.2 Å². The smallest absolute Gasteiger partial charge is 0.246 e. The van der Waals surface area contributed by atoms with E-state index in [1.165, 1.54) is 10.5 Å². The van der Waals surface area contributed by atoms with Gasteiger partial charge in [0.15, 0.2) is 0 Å². The van der Waals surface area contributed by atoms with Crippen molar-refractivity contribution in [1.82, 2.24) is 25.4 Å². The molecule has 0 radical (unpaired) electrons. The highest BCUT2D eigenvalue weighted by Gasteiger charge is 2.39. The first-order valence-corrected chi connectivity index (χ1v) is 15.1. The second-order valence-electron chi connectivity index (χ2n) is 11.6. The second kappa shape index (κ2) is 13.2. The highest BCUT2D eigenvalue weighted by atomic mass is 16.2. The maximum absolute atomic E-state index is 13.9. The van der Waals surface area contributed by atoms with Crippen LogP contribution in [0.25, 0.3) is 10.9 Å². The van der Waals surface area contributed by atoms with Crippen molar-refractivity contribution in [3.63, 3.8) is 0 Å². The molecule has 1 aromatic heterocycles. The number of hydrogen-bond donors (Lipinski definition) is 3. The van der Waals surface area contributed by atoms with E-state index < -0.39 is 18.0 Å². The molecule has 9 heteroatoms. The van der Waals surface area contributed by atoms with Crippen LogP contribution in [0.3, 0.4) is 0 Å². The summed E-state index contributed by atoms with van der Waals surface area (Å²) in [6, 6.07) is 14.4. The van der Waals surface area contributed by atoms with E-state index in [0.717, 1.165) is 60.6 Å². The lowest BCUT2D eigenvalue weighted by molar-refractivity contribution is -0.148. The van der Waals surface area contributed by atoms with Gasteiger partial charge in [0.25, 0.3) is 0 Å². The molecule has 2 aromatic carbocycles. The average molecular weight is 572 g/mol. The minimum atomic E-state index is -0.849. The van der Waals surface area contributed by atoms with Crippen LogP contribution in [-0.4, -0.2) is 70.6 Å². The molecule has 222 valence electrons. The Morgan fingerprint density at radius 3 is 2.48 bits per heavy atom. The van der Waals surface area contributed by atoms with Crippen LogP contribution in [-0.2, 0) is 38.6 Å². The zero-order valence-electron chi connectivity index (χ0n) is 24.5. The Hall–Kier alpha value is -4.14. The first-order chi connectivity index (χ1) is 20.3. The minimum Gasteiger partial charge on any atom is -0.361 e. The van der Waals surface area contributed by atoms with Crippen molar-refractivity contribution >= 4 is 34.5 Å². The lowest BCUT2D eigenvalue weighted by Crippen LogP contribution is -2.62. The molecule has 1 saturated heterocycles. The molecule has 42 heavy (non-hydrogen) atoms. The molecule has 2 aliphatic rings. The number of aromatic amines is 1. The third-order valence-electron chi connectivity index (χ3n) is 8.70. The number of rotatable bonds is 10. The third kappa shape index (κ3) is 6.66. The number of carbonyl (C=O) groups is 4. The van der Waals surface area contributed by atoms with Crippen molar-refractivity contribution in [3.8, 4) is 0 Å². The van der Waals surface area contributed by atoms with Gasteiger partial charge in [-0.1, -0.05) is 68.7 Å². The number of H-pyrrole nitrogens is 1. The standard InChI is InChI=1S/C33H41N5O4/c1-3-22-11-7-8-14-24(22)19-37(2)32(41)28(17-25-18-34-27-16-10-9-15-26(25)27)35-29(39)20-38-21-30(40)36-31(33(38)42)23-12-5-4-6-13-23/h7-11,14-16,18,23,28,31,34H,3-6,12-13,17,19-21H2,1-2H3,(H,35,39)(H,36,40). The summed E-state index contributed by atoms with van der Waals surface area (Å²) in [6.07, 6.45) is 8.02. The van der Waals surface area contributed by atoms with Crippen LogP contribution in [0.4, 0.5) is 0 Å². The zero-order valence-corrected chi connectivity index (χ0v) is 24.5. The van der Waals surface area contributed by atoms with Crippen LogP contribution in [0.5, 0.6) is 0 Å². The Labute approximate surface area is 247 Å². The largest absolute Gasteiger partial charge is 0.361 e. The second-order valence-corrected chi connectivity index (χ2v) is 11.6. The van der Waals surface area contributed by atoms with E-state index >= 15 is 0 Å². The lowest BCUT2D eigenvalue weighted by Gasteiger charge is -2.37. The van der Waals surface area contributed by atoms with Gasteiger partial charge in [0.2, 0.25) is 23.6 Å². The SMILES string of the molecule is CCc1ccccc1CN(C)C(=O)C(Cc1c[nH]c2ccccc12)NC(=O)CN1CC(=O)NC(C2CCCCC2)C1=O. The van der Waals surface area contributed by atoms with Gasteiger partial charge in [-0.25, -0.2) is 0 Å². The number of aromatic nitrogens is 1. The van der Waals surface area contributed by atoms with Crippen molar-refractivity contribution in [2.45, 2.75) is 70.5 Å². The maximum atomic E-state index is 13.9. The molecule has 3 N–H and O–H groups in total. The monoisotopic (exact) mass is 571 g/mol. The number of piperazine rings is 1. The molecule has 2 fully saturated rings. The first kappa shape index (κ1) is 29.4. The number of para-hydroxylation sites is 1. The van der Waals surface area contributed by atoms with E-state index in [4.69, 9.17) is 0 Å². The highest BCUT2D eigenvalue weighted by Crippen LogP contribution is 2.28. The van der Waals surface area contributed by atoms with Gasteiger partial charge < -0.3 is 25.4 Å². The zero-order chi connectivity index (χ0) is 29.6. The van der Waals surface area contributed by atoms with Gasteiger partial charge in [0, 0.05) is 37.1 Å². The topological polar surface area (TPSA) is 115 Å². The summed E-state index contributed by atoms with van der Waals surface area (Å²) in [5.74, 6) is -1.05. The quantitative estimate of drug-likeness (QED) is 0.346. The van der Waals surface area contributed by atoms with Gasteiger partial charge in [-0.15, -0.1) is 0 Å². The van der Waals surface area contributed by atoms with Crippen molar-refractivity contribution in [1.29, 1.82) is 0 Å². The Morgan fingerprint density at radius 2 is 1.71 bits per heavy atom. The number of aryl methyl sites for hydroxylation is 1. The molecular weight excluding hydrogens is 530 g/mol. The Bertz CT molecular complexity index is 1440. The van der Waals surface area contributed by atoms with E-state index in [0.29, 0.717) is 6.54 Å². The van der Waals surface area contributed by atoms with Crippen LogP contribution in [0, 0.1) is 5.92 Å². The summed E-state index contributed by atoms with van der Waals surface area (Å²) in [6.45, 7) is 2.07. The fraction of sp³-hybridized carbons (Fsp3) is 0.455. The fourth-order valence-electron chi connectivity index (χ4n) is 6.44.